The van der Waals surface area contributed by atoms with Gasteiger partial charge in [-0.3, -0.25) is 0 Å². The monoisotopic (exact) mass is 244 g/mol. The molecule has 0 atom stereocenters. The molecule has 0 radical (unpaired) electrons. The molecule has 1 nitrogen and oxygen atoms in total. The fourth-order valence-corrected chi connectivity index (χ4v) is 2.39. The summed E-state index contributed by atoms with van der Waals surface area (Å²) in [5, 5.41) is 0.344. The second-order valence-electron chi connectivity index (χ2n) is 7.63. The second kappa shape index (κ2) is 5.68. The van der Waals surface area contributed by atoms with Crippen molar-refractivity contribution in [2.45, 2.75) is 78.9 Å². The Morgan fingerprint density at radius 2 is 1.38 bits per heavy atom. The van der Waals surface area contributed by atoms with Gasteiger partial charge in [-0.2, -0.15) is 0 Å². The molecule has 0 aliphatic carbocycles. The molecular weight excluding hydrogens is 212 g/mol. The number of unbranched alkanes of at least 4 members (excludes halogenated alkanes) is 1. The molecule has 0 unspecified atom stereocenters. The van der Waals surface area contributed by atoms with Crippen LogP contribution in [0.4, 0.5) is 0 Å². The minimum absolute atomic E-state index is 0.344. The zero-order chi connectivity index (χ0) is 13.0. The number of hydrogen-bond acceptors (Lipinski definition) is 1. The first-order chi connectivity index (χ1) is 6.96. The molecule has 0 aliphatic rings. The van der Waals surface area contributed by atoms with Gasteiger partial charge in [0.25, 0.3) is 0 Å². The van der Waals surface area contributed by atoms with Gasteiger partial charge in [-0.05, 0) is 36.4 Å². The summed E-state index contributed by atoms with van der Waals surface area (Å²) in [5.41, 5.74) is 0.469. The third-order valence-corrected chi connectivity index (χ3v) is 8.13. The van der Waals surface area contributed by atoms with Crippen molar-refractivity contribution in [2.75, 3.05) is 6.61 Å². The Balaban J connectivity index is 3.75. The lowest BCUT2D eigenvalue weighted by Crippen LogP contribution is -2.40. The van der Waals surface area contributed by atoms with Crippen molar-refractivity contribution >= 4 is 8.32 Å². The van der Waals surface area contributed by atoms with E-state index in [0.717, 1.165) is 6.61 Å². The molecule has 0 spiro atoms. The van der Waals surface area contributed by atoms with Gasteiger partial charge in [0.2, 0.25) is 0 Å². The summed E-state index contributed by atoms with van der Waals surface area (Å²) < 4.78 is 6.15. The molecule has 0 amide bonds. The SMILES string of the molecule is CC(C)(C)CCCCO[Si](C)(C)C(C)(C)C. The minimum Gasteiger partial charge on any atom is -0.417 e. The van der Waals surface area contributed by atoms with Crippen LogP contribution in [-0.2, 0) is 4.43 Å². The maximum absolute atomic E-state index is 6.15. The molecule has 16 heavy (non-hydrogen) atoms. The van der Waals surface area contributed by atoms with Gasteiger partial charge in [-0.25, -0.2) is 0 Å². The maximum Gasteiger partial charge on any atom is 0.191 e. The first kappa shape index (κ1) is 16.2. The van der Waals surface area contributed by atoms with Crippen LogP contribution in [0.5, 0.6) is 0 Å². The maximum atomic E-state index is 6.15. The smallest absolute Gasteiger partial charge is 0.191 e. The Bertz CT molecular complexity index is 196. The summed E-state index contributed by atoms with van der Waals surface area (Å²) in [6.45, 7) is 19.4. The van der Waals surface area contributed by atoms with Gasteiger partial charge >= 0.3 is 0 Å². The normalized spacial score (nSPS) is 14.2. The molecule has 0 N–H and O–H groups in total. The van der Waals surface area contributed by atoms with E-state index in [4.69, 9.17) is 4.43 Å². The summed E-state index contributed by atoms with van der Waals surface area (Å²) in [4.78, 5) is 0. The van der Waals surface area contributed by atoms with Crippen LogP contribution in [0.25, 0.3) is 0 Å². The molecule has 0 saturated carbocycles. The summed E-state index contributed by atoms with van der Waals surface area (Å²) in [5.74, 6) is 0. The van der Waals surface area contributed by atoms with Crippen molar-refractivity contribution in [1.29, 1.82) is 0 Å². The molecule has 0 rings (SSSR count). The molecule has 0 aliphatic heterocycles. The summed E-state index contributed by atoms with van der Waals surface area (Å²) in [6, 6.07) is 0. The van der Waals surface area contributed by atoms with Crippen molar-refractivity contribution in [2.24, 2.45) is 5.41 Å². The van der Waals surface area contributed by atoms with Crippen LogP contribution < -0.4 is 0 Å². The highest BCUT2D eigenvalue weighted by Gasteiger charge is 2.36. The Hall–Kier alpha value is 0.177. The van der Waals surface area contributed by atoms with E-state index in [1.807, 2.05) is 0 Å². The molecule has 0 bridgehead atoms. The van der Waals surface area contributed by atoms with E-state index in [2.05, 4.69) is 54.6 Å². The summed E-state index contributed by atoms with van der Waals surface area (Å²) in [7, 11) is -1.50. The van der Waals surface area contributed by atoms with Crippen LogP contribution in [0.3, 0.4) is 0 Å². The first-order valence-corrected chi connectivity index (χ1v) is 9.50. The molecule has 0 aromatic heterocycles. The predicted octanol–water partition coefficient (Wildman–Crippen LogP) is 5.22. The molecular formula is C14H32OSi. The molecule has 98 valence electrons. The van der Waals surface area contributed by atoms with Gasteiger partial charge in [-0.15, -0.1) is 0 Å². The zero-order valence-electron chi connectivity index (χ0n) is 12.7. The Morgan fingerprint density at radius 1 is 0.875 bits per heavy atom. The molecule has 0 aromatic rings. The van der Waals surface area contributed by atoms with Crippen molar-refractivity contribution < 1.29 is 4.43 Å². The third kappa shape index (κ3) is 6.69. The van der Waals surface area contributed by atoms with Gasteiger partial charge in [0.15, 0.2) is 8.32 Å². The zero-order valence-corrected chi connectivity index (χ0v) is 13.7. The van der Waals surface area contributed by atoms with Crippen LogP contribution in [0, 0.1) is 5.41 Å². The van der Waals surface area contributed by atoms with E-state index >= 15 is 0 Å². The van der Waals surface area contributed by atoms with Gasteiger partial charge in [0, 0.05) is 6.61 Å². The van der Waals surface area contributed by atoms with E-state index in [1.165, 1.54) is 19.3 Å². The van der Waals surface area contributed by atoms with Crippen LogP contribution in [0.1, 0.15) is 60.8 Å². The Morgan fingerprint density at radius 3 is 1.75 bits per heavy atom. The predicted molar refractivity (Wildman–Crippen MR) is 76.5 cm³/mol. The molecule has 0 fully saturated rings. The van der Waals surface area contributed by atoms with E-state index in [-0.39, 0.29) is 0 Å². The van der Waals surface area contributed by atoms with Crippen LogP contribution in [0.2, 0.25) is 18.1 Å². The molecule has 0 saturated heterocycles. The topological polar surface area (TPSA) is 9.23 Å². The standard InChI is InChI=1S/C14H32OSi/c1-13(2,3)11-9-10-12-15-16(7,8)14(4,5)6/h9-12H2,1-8H3. The second-order valence-corrected chi connectivity index (χ2v) is 12.4. The summed E-state index contributed by atoms with van der Waals surface area (Å²) >= 11 is 0. The van der Waals surface area contributed by atoms with Crippen LogP contribution in [-0.4, -0.2) is 14.9 Å². The molecule has 0 aromatic carbocycles. The fourth-order valence-electron chi connectivity index (χ4n) is 1.30. The Kier molecular flexibility index (Phi) is 5.74. The highest BCUT2D eigenvalue weighted by atomic mass is 28.4. The highest BCUT2D eigenvalue weighted by molar-refractivity contribution is 6.74. The lowest BCUT2D eigenvalue weighted by Gasteiger charge is -2.36. The third-order valence-electron chi connectivity index (χ3n) is 3.59. The average Bonchev–Trinajstić information content (AvgIpc) is 1.98. The van der Waals surface area contributed by atoms with Crippen molar-refractivity contribution in [3.8, 4) is 0 Å². The first-order valence-electron chi connectivity index (χ1n) is 6.60. The minimum atomic E-state index is -1.50. The van der Waals surface area contributed by atoms with E-state index in [0.29, 0.717) is 10.5 Å². The van der Waals surface area contributed by atoms with Gasteiger partial charge < -0.3 is 4.43 Å². The fraction of sp³-hybridized carbons (Fsp3) is 1.00. The average molecular weight is 244 g/mol. The van der Waals surface area contributed by atoms with E-state index in [1.54, 1.807) is 0 Å². The van der Waals surface area contributed by atoms with Crippen molar-refractivity contribution in [3.63, 3.8) is 0 Å². The van der Waals surface area contributed by atoms with Gasteiger partial charge in [0.05, 0.1) is 0 Å². The largest absolute Gasteiger partial charge is 0.417 e. The van der Waals surface area contributed by atoms with E-state index < -0.39 is 8.32 Å². The van der Waals surface area contributed by atoms with Crippen molar-refractivity contribution in [3.05, 3.63) is 0 Å². The number of rotatable bonds is 5. The number of hydrogen-bond donors (Lipinski definition) is 0. The van der Waals surface area contributed by atoms with Crippen LogP contribution in [0.15, 0.2) is 0 Å². The van der Waals surface area contributed by atoms with Crippen LogP contribution >= 0.6 is 0 Å². The van der Waals surface area contributed by atoms with Gasteiger partial charge in [0.1, 0.15) is 0 Å². The highest BCUT2D eigenvalue weighted by Crippen LogP contribution is 2.36. The summed E-state index contributed by atoms with van der Waals surface area (Å²) in [6.07, 6.45) is 3.80. The molecule has 2 heteroatoms. The Labute approximate surface area is 104 Å². The van der Waals surface area contributed by atoms with Crippen molar-refractivity contribution in [1.82, 2.24) is 0 Å². The lowest BCUT2D eigenvalue weighted by atomic mass is 9.90. The quantitative estimate of drug-likeness (QED) is 0.475. The van der Waals surface area contributed by atoms with Gasteiger partial charge in [-0.1, -0.05) is 48.0 Å². The lowest BCUT2D eigenvalue weighted by molar-refractivity contribution is 0.264. The molecule has 0 heterocycles. The van der Waals surface area contributed by atoms with E-state index in [9.17, 15) is 0 Å².